The van der Waals surface area contributed by atoms with Crippen LogP contribution in [0.4, 0.5) is 0 Å². The number of ether oxygens (including phenoxy) is 1. The molecule has 2 heterocycles. The molecule has 0 aromatic carbocycles. The van der Waals surface area contributed by atoms with Gasteiger partial charge in [-0.3, -0.25) is 14.5 Å². The Labute approximate surface area is 125 Å². The van der Waals surface area contributed by atoms with Crippen molar-refractivity contribution in [2.75, 3.05) is 26.3 Å². The molecule has 0 spiro atoms. The van der Waals surface area contributed by atoms with Crippen molar-refractivity contribution in [2.24, 2.45) is 0 Å². The molecule has 2 aliphatic rings. The Hall–Kier alpha value is -1.14. The lowest BCUT2D eigenvalue weighted by atomic mass is 9.90. The zero-order valence-corrected chi connectivity index (χ0v) is 12.8. The lowest BCUT2D eigenvalue weighted by molar-refractivity contribution is -0.151. The van der Waals surface area contributed by atoms with Gasteiger partial charge in [-0.05, 0) is 38.6 Å². The van der Waals surface area contributed by atoms with E-state index >= 15 is 0 Å². The molecule has 6 heteroatoms. The molecular weight excluding hydrogens is 272 g/mol. The number of hydrogen-bond acceptors (Lipinski definition) is 4. The fourth-order valence-corrected chi connectivity index (χ4v) is 3.50. The van der Waals surface area contributed by atoms with Crippen molar-refractivity contribution >= 4 is 11.9 Å². The fourth-order valence-electron chi connectivity index (χ4n) is 3.50. The summed E-state index contributed by atoms with van der Waals surface area (Å²) in [7, 11) is 0. The van der Waals surface area contributed by atoms with Crippen molar-refractivity contribution < 1.29 is 19.4 Å². The molecule has 0 aromatic heterocycles. The lowest BCUT2D eigenvalue weighted by Gasteiger charge is -2.34. The second-order valence-electron chi connectivity index (χ2n) is 6.07. The van der Waals surface area contributed by atoms with Crippen LogP contribution in [-0.4, -0.2) is 59.8 Å². The second-order valence-corrected chi connectivity index (χ2v) is 6.07. The first-order valence-corrected chi connectivity index (χ1v) is 7.94. The third-order valence-corrected chi connectivity index (χ3v) is 4.61. The van der Waals surface area contributed by atoms with E-state index in [9.17, 15) is 14.7 Å². The molecule has 2 fully saturated rings. The number of carboxylic acid groups (broad SMARTS) is 1. The standard InChI is InChI=1S/C15H26N2O4/c1-2-6-15(14(19)20)7-3-8-17(15)11-13(18)16-12-4-9-21-10-5-12/h12H,2-11H2,1H3,(H,16,18)(H,19,20). The highest BCUT2D eigenvalue weighted by Gasteiger charge is 2.47. The smallest absolute Gasteiger partial charge is 0.324 e. The van der Waals surface area contributed by atoms with Crippen LogP contribution in [0.25, 0.3) is 0 Å². The number of nitrogens with one attached hydrogen (secondary N) is 1. The van der Waals surface area contributed by atoms with Gasteiger partial charge in [0.1, 0.15) is 5.54 Å². The molecule has 120 valence electrons. The van der Waals surface area contributed by atoms with E-state index in [0.717, 1.165) is 25.7 Å². The van der Waals surface area contributed by atoms with Gasteiger partial charge in [-0.15, -0.1) is 0 Å². The predicted octanol–water partition coefficient (Wildman–Crippen LogP) is 1.00. The monoisotopic (exact) mass is 298 g/mol. The first-order valence-electron chi connectivity index (χ1n) is 7.94. The predicted molar refractivity (Wildman–Crippen MR) is 78.1 cm³/mol. The van der Waals surface area contributed by atoms with Gasteiger partial charge in [0.15, 0.2) is 0 Å². The Morgan fingerprint density at radius 3 is 2.71 bits per heavy atom. The van der Waals surface area contributed by atoms with Crippen molar-refractivity contribution in [1.29, 1.82) is 0 Å². The fraction of sp³-hybridized carbons (Fsp3) is 0.867. The van der Waals surface area contributed by atoms with Crippen LogP contribution in [0.15, 0.2) is 0 Å². The van der Waals surface area contributed by atoms with Gasteiger partial charge in [-0.2, -0.15) is 0 Å². The van der Waals surface area contributed by atoms with Crippen molar-refractivity contribution in [3.63, 3.8) is 0 Å². The second kappa shape index (κ2) is 7.22. The topological polar surface area (TPSA) is 78.9 Å². The zero-order chi connectivity index (χ0) is 15.3. The number of likely N-dealkylation sites (tertiary alicyclic amines) is 1. The highest BCUT2D eigenvalue weighted by Crippen LogP contribution is 2.33. The van der Waals surface area contributed by atoms with Gasteiger partial charge in [-0.25, -0.2) is 0 Å². The molecule has 0 radical (unpaired) electrons. The van der Waals surface area contributed by atoms with E-state index in [0.29, 0.717) is 32.6 Å². The summed E-state index contributed by atoms with van der Waals surface area (Å²) in [4.78, 5) is 25.8. The van der Waals surface area contributed by atoms with E-state index < -0.39 is 11.5 Å². The lowest BCUT2D eigenvalue weighted by Crippen LogP contribution is -2.54. The van der Waals surface area contributed by atoms with Crippen LogP contribution in [0.2, 0.25) is 0 Å². The largest absolute Gasteiger partial charge is 0.480 e. The molecule has 6 nitrogen and oxygen atoms in total. The zero-order valence-electron chi connectivity index (χ0n) is 12.8. The third-order valence-electron chi connectivity index (χ3n) is 4.61. The minimum Gasteiger partial charge on any atom is -0.480 e. The SMILES string of the molecule is CCCC1(C(=O)O)CCCN1CC(=O)NC1CCOCC1. The average molecular weight is 298 g/mol. The van der Waals surface area contributed by atoms with Crippen LogP contribution >= 0.6 is 0 Å². The molecule has 2 aliphatic heterocycles. The average Bonchev–Trinajstić information content (AvgIpc) is 2.84. The summed E-state index contributed by atoms with van der Waals surface area (Å²) in [6.45, 7) is 4.23. The molecule has 2 saturated heterocycles. The summed E-state index contributed by atoms with van der Waals surface area (Å²) in [6.07, 6.45) is 4.57. The number of amides is 1. The van der Waals surface area contributed by atoms with Gasteiger partial charge < -0.3 is 15.2 Å². The Morgan fingerprint density at radius 1 is 1.38 bits per heavy atom. The number of carbonyl (C=O) groups excluding carboxylic acids is 1. The minimum atomic E-state index is -0.845. The Morgan fingerprint density at radius 2 is 2.10 bits per heavy atom. The summed E-state index contributed by atoms with van der Waals surface area (Å²) >= 11 is 0. The molecule has 0 aromatic rings. The molecule has 0 saturated carbocycles. The summed E-state index contributed by atoms with van der Waals surface area (Å²) < 4.78 is 5.27. The summed E-state index contributed by atoms with van der Waals surface area (Å²) in [5.74, 6) is -0.855. The molecule has 1 atom stereocenters. The number of nitrogens with zero attached hydrogens (tertiary/aromatic N) is 1. The van der Waals surface area contributed by atoms with E-state index in [1.165, 1.54) is 0 Å². The highest BCUT2D eigenvalue weighted by atomic mass is 16.5. The Kier molecular flexibility index (Phi) is 5.58. The number of carbonyl (C=O) groups is 2. The van der Waals surface area contributed by atoms with Crippen LogP contribution in [0.1, 0.15) is 45.4 Å². The number of aliphatic carboxylic acids is 1. The number of carboxylic acids is 1. The first-order chi connectivity index (χ1) is 10.1. The van der Waals surface area contributed by atoms with E-state index in [1.807, 2.05) is 11.8 Å². The molecule has 0 bridgehead atoms. The third kappa shape index (κ3) is 3.74. The van der Waals surface area contributed by atoms with Crippen LogP contribution < -0.4 is 5.32 Å². The Balaban J connectivity index is 1.93. The van der Waals surface area contributed by atoms with Crippen molar-refractivity contribution in [3.05, 3.63) is 0 Å². The maximum Gasteiger partial charge on any atom is 0.324 e. The van der Waals surface area contributed by atoms with Gasteiger partial charge >= 0.3 is 5.97 Å². The van der Waals surface area contributed by atoms with E-state index in [-0.39, 0.29) is 18.5 Å². The first kappa shape index (κ1) is 16.2. The van der Waals surface area contributed by atoms with E-state index in [4.69, 9.17) is 4.74 Å². The van der Waals surface area contributed by atoms with Crippen LogP contribution in [0.3, 0.4) is 0 Å². The van der Waals surface area contributed by atoms with Crippen LogP contribution in [0, 0.1) is 0 Å². The maximum atomic E-state index is 12.2. The van der Waals surface area contributed by atoms with Crippen molar-refractivity contribution in [2.45, 2.75) is 57.0 Å². The summed E-state index contributed by atoms with van der Waals surface area (Å²) in [5.41, 5.74) is -0.845. The minimum absolute atomic E-state index is 0.0643. The van der Waals surface area contributed by atoms with E-state index in [1.54, 1.807) is 0 Å². The van der Waals surface area contributed by atoms with Gasteiger partial charge in [0.2, 0.25) is 5.91 Å². The van der Waals surface area contributed by atoms with Crippen molar-refractivity contribution in [1.82, 2.24) is 10.2 Å². The maximum absolute atomic E-state index is 12.2. The molecule has 0 aliphatic carbocycles. The molecule has 2 rings (SSSR count). The van der Waals surface area contributed by atoms with Crippen LogP contribution in [-0.2, 0) is 14.3 Å². The highest BCUT2D eigenvalue weighted by molar-refractivity contribution is 5.82. The number of hydrogen-bond donors (Lipinski definition) is 2. The van der Waals surface area contributed by atoms with Gasteiger partial charge in [0, 0.05) is 19.3 Å². The van der Waals surface area contributed by atoms with Crippen LogP contribution in [0.5, 0.6) is 0 Å². The van der Waals surface area contributed by atoms with Gasteiger partial charge in [0.25, 0.3) is 0 Å². The van der Waals surface area contributed by atoms with E-state index in [2.05, 4.69) is 5.32 Å². The van der Waals surface area contributed by atoms with Gasteiger partial charge in [-0.1, -0.05) is 13.3 Å². The summed E-state index contributed by atoms with van der Waals surface area (Å²) in [6, 6.07) is 0.166. The molecular formula is C15H26N2O4. The molecule has 1 unspecified atom stereocenters. The quantitative estimate of drug-likeness (QED) is 0.765. The summed E-state index contributed by atoms with van der Waals surface area (Å²) in [5, 5.41) is 12.6. The van der Waals surface area contributed by atoms with Gasteiger partial charge in [0.05, 0.1) is 6.54 Å². The molecule has 2 N–H and O–H groups in total. The Bertz CT molecular complexity index is 382. The van der Waals surface area contributed by atoms with Crippen molar-refractivity contribution in [3.8, 4) is 0 Å². The molecule has 1 amide bonds. The molecule has 21 heavy (non-hydrogen) atoms. The normalized spacial score (nSPS) is 27.7. The number of rotatable bonds is 6.